The molecule has 0 bridgehead atoms. The maximum absolute atomic E-state index is 11.1. The summed E-state index contributed by atoms with van der Waals surface area (Å²) in [6.07, 6.45) is 3.38. The number of aliphatic hydroxyl groups excluding tert-OH is 1. The zero-order chi connectivity index (χ0) is 22.0. The number of fused-ring (bicyclic) bond motifs is 1. The highest BCUT2D eigenvalue weighted by molar-refractivity contribution is 5.85. The number of rotatable bonds is 5. The van der Waals surface area contributed by atoms with Gasteiger partial charge in [0, 0.05) is 43.5 Å². The fourth-order valence-corrected chi connectivity index (χ4v) is 3.55. The summed E-state index contributed by atoms with van der Waals surface area (Å²) in [7, 11) is 0. The molecule has 1 saturated heterocycles. The van der Waals surface area contributed by atoms with E-state index in [2.05, 4.69) is 16.2 Å². The van der Waals surface area contributed by atoms with Crippen LogP contribution in [0.25, 0.3) is 16.6 Å². The molecule has 31 heavy (non-hydrogen) atoms. The molecular formula is C21H22N6O4. The maximum atomic E-state index is 11.1. The quantitative estimate of drug-likeness (QED) is 0.637. The largest absolute Gasteiger partial charge is 0.489 e. The van der Waals surface area contributed by atoms with E-state index in [-0.39, 0.29) is 6.61 Å². The number of carbonyl (C=O) groups is 1. The van der Waals surface area contributed by atoms with E-state index < -0.39 is 12.2 Å². The topological polar surface area (TPSA) is 127 Å². The number of hydrogen-bond acceptors (Lipinski definition) is 7. The summed E-state index contributed by atoms with van der Waals surface area (Å²) >= 11 is 0. The van der Waals surface area contributed by atoms with Gasteiger partial charge in [-0.3, -0.25) is 0 Å². The van der Waals surface area contributed by atoms with Crippen LogP contribution in [0.4, 0.5) is 10.6 Å². The predicted octanol–water partition coefficient (Wildman–Crippen LogP) is 1.83. The first-order valence-electron chi connectivity index (χ1n) is 9.88. The van der Waals surface area contributed by atoms with Gasteiger partial charge in [-0.25, -0.2) is 14.3 Å². The molecule has 1 unspecified atom stereocenters. The number of amides is 1. The van der Waals surface area contributed by atoms with Gasteiger partial charge in [0.05, 0.1) is 29.6 Å². The van der Waals surface area contributed by atoms with Gasteiger partial charge in [0.1, 0.15) is 24.2 Å². The Hall–Kier alpha value is -3.84. The molecule has 1 amide bonds. The van der Waals surface area contributed by atoms with Crippen LogP contribution in [0, 0.1) is 11.3 Å². The molecule has 4 heterocycles. The first kappa shape index (κ1) is 20.4. The summed E-state index contributed by atoms with van der Waals surface area (Å²) in [5, 5.41) is 32.3. The molecule has 1 aliphatic heterocycles. The number of carboxylic acid groups (broad SMARTS) is 1. The van der Waals surface area contributed by atoms with Crippen molar-refractivity contribution in [1.29, 1.82) is 5.26 Å². The number of pyridine rings is 2. The van der Waals surface area contributed by atoms with Gasteiger partial charge in [0.2, 0.25) is 0 Å². The first-order valence-corrected chi connectivity index (χ1v) is 9.88. The number of anilines is 1. The van der Waals surface area contributed by atoms with Crippen molar-refractivity contribution < 1.29 is 19.7 Å². The Balaban J connectivity index is 1.64. The third kappa shape index (κ3) is 4.22. The van der Waals surface area contributed by atoms with Crippen LogP contribution in [-0.4, -0.2) is 74.7 Å². The second-order valence-electron chi connectivity index (χ2n) is 7.37. The van der Waals surface area contributed by atoms with E-state index in [4.69, 9.17) is 9.84 Å². The molecule has 3 aromatic rings. The second kappa shape index (κ2) is 8.49. The van der Waals surface area contributed by atoms with Crippen LogP contribution >= 0.6 is 0 Å². The molecule has 10 nitrogen and oxygen atoms in total. The molecule has 1 aliphatic rings. The van der Waals surface area contributed by atoms with Crippen LogP contribution in [0.15, 0.2) is 36.8 Å². The number of aliphatic hydroxyl groups is 1. The van der Waals surface area contributed by atoms with E-state index in [1.165, 1.54) is 11.1 Å². The molecule has 0 aromatic carbocycles. The lowest BCUT2D eigenvalue weighted by Gasteiger charge is -2.33. The zero-order valence-electron chi connectivity index (χ0n) is 17.0. The lowest BCUT2D eigenvalue weighted by Crippen LogP contribution is -2.48. The maximum Gasteiger partial charge on any atom is 0.407 e. The molecule has 0 radical (unpaired) electrons. The van der Waals surface area contributed by atoms with Crippen LogP contribution in [0.1, 0.15) is 12.5 Å². The first-order chi connectivity index (χ1) is 15.0. The third-order valence-corrected chi connectivity index (χ3v) is 5.13. The van der Waals surface area contributed by atoms with Crippen molar-refractivity contribution in [3.8, 4) is 22.9 Å². The monoisotopic (exact) mass is 422 g/mol. The Labute approximate surface area is 178 Å². The summed E-state index contributed by atoms with van der Waals surface area (Å²) in [6, 6.07) is 7.76. The summed E-state index contributed by atoms with van der Waals surface area (Å²) in [5.74, 6) is 1.28. The minimum absolute atomic E-state index is 0.136. The van der Waals surface area contributed by atoms with E-state index in [9.17, 15) is 15.2 Å². The van der Waals surface area contributed by atoms with Crippen LogP contribution in [0.5, 0.6) is 5.75 Å². The number of aromatic nitrogens is 3. The Morgan fingerprint density at radius 3 is 2.68 bits per heavy atom. The van der Waals surface area contributed by atoms with Gasteiger partial charge in [-0.15, -0.1) is 0 Å². The molecule has 2 N–H and O–H groups in total. The summed E-state index contributed by atoms with van der Waals surface area (Å²) in [5.41, 5.74) is 2.62. The molecule has 160 valence electrons. The lowest BCUT2D eigenvalue weighted by molar-refractivity contribution is 0.122. The van der Waals surface area contributed by atoms with Crippen molar-refractivity contribution in [2.24, 2.45) is 0 Å². The number of hydrogen-bond donors (Lipinski definition) is 2. The lowest BCUT2D eigenvalue weighted by atomic mass is 10.1. The van der Waals surface area contributed by atoms with Gasteiger partial charge in [-0.2, -0.15) is 10.4 Å². The van der Waals surface area contributed by atoms with Crippen LogP contribution in [-0.2, 0) is 0 Å². The highest BCUT2D eigenvalue weighted by Crippen LogP contribution is 2.31. The van der Waals surface area contributed by atoms with E-state index in [0.29, 0.717) is 43.0 Å². The fraction of sp³-hybridized carbons (Fsp3) is 0.333. The Kier molecular flexibility index (Phi) is 5.60. The van der Waals surface area contributed by atoms with Crippen molar-refractivity contribution in [2.45, 2.75) is 13.0 Å². The minimum Gasteiger partial charge on any atom is -0.489 e. The van der Waals surface area contributed by atoms with Gasteiger partial charge in [0.15, 0.2) is 0 Å². The fourth-order valence-electron chi connectivity index (χ4n) is 3.55. The number of nitriles is 1. The number of ether oxygens (including phenoxy) is 1. The molecule has 0 spiro atoms. The average Bonchev–Trinajstić information content (AvgIpc) is 3.20. The molecule has 4 rings (SSSR count). The molecule has 1 fully saturated rings. The van der Waals surface area contributed by atoms with Crippen LogP contribution in [0.2, 0.25) is 0 Å². The minimum atomic E-state index is -0.904. The Morgan fingerprint density at radius 1 is 1.29 bits per heavy atom. The second-order valence-corrected chi connectivity index (χ2v) is 7.37. The third-order valence-electron chi connectivity index (χ3n) is 5.13. The molecule has 10 heteroatoms. The van der Waals surface area contributed by atoms with Gasteiger partial charge >= 0.3 is 6.09 Å². The predicted molar refractivity (Wildman–Crippen MR) is 112 cm³/mol. The number of nitrogens with zero attached hydrogens (tertiary/aromatic N) is 6. The van der Waals surface area contributed by atoms with Crippen LogP contribution in [0.3, 0.4) is 0 Å². The molecular weight excluding hydrogens is 400 g/mol. The summed E-state index contributed by atoms with van der Waals surface area (Å²) < 4.78 is 7.24. The highest BCUT2D eigenvalue weighted by Gasteiger charge is 2.21. The summed E-state index contributed by atoms with van der Waals surface area (Å²) in [4.78, 5) is 19.1. The zero-order valence-corrected chi connectivity index (χ0v) is 17.0. The van der Waals surface area contributed by atoms with Crippen molar-refractivity contribution in [3.63, 3.8) is 0 Å². The Morgan fingerprint density at radius 2 is 2.06 bits per heavy atom. The molecule has 1 atom stereocenters. The smallest absolute Gasteiger partial charge is 0.407 e. The highest BCUT2D eigenvalue weighted by atomic mass is 16.5. The standard InChI is InChI=1S/C21H22N6O4/c1-14(28)13-31-17-8-18(20-16(9-22)11-24-27(20)12-17)15-2-3-19(23-10-15)25-4-6-26(7-5-25)21(29)30/h2-3,8,10-12,14,28H,4-7,13H2,1H3,(H,29,30). The molecule has 0 aliphatic carbocycles. The van der Waals surface area contributed by atoms with Gasteiger partial charge in [-0.1, -0.05) is 0 Å². The van der Waals surface area contributed by atoms with Gasteiger partial charge < -0.3 is 24.7 Å². The van der Waals surface area contributed by atoms with Crippen molar-refractivity contribution in [1.82, 2.24) is 19.5 Å². The van der Waals surface area contributed by atoms with E-state index in [1.807, 2.05) is 23.1 Å². The van der Waals surface area contributed by atoms with Gasteiger partial charge in [-0.05, 0) is 25.1 Å². The average molecular weight is 422 g/mol. The van der Waals surface area contributed by atoms with E-state index in [0.717, 1.165) is 16.9 Å². The van der Waals surface area contributed by atoms with Gasteiger partial charge in [0.25, 0.3) is 0 Å². The van der Waals surface area contributed by atoms with E-state index >= 15 is 0 Å². The van der Waals surface area contributed by atoms with Crippen molar-refractivity contribution in [3.05, 3.63) is 42.4 Å². The van der Waals surface area contributed by atoms with E-state index in [1.54, 1.807) is 23.8 Å². The molecule has 0 saturated carbocycles. The number of piperazine rings is 1. The molecule has 3 aromatic heterocycles. The van der Waals surface area contributed by atoms with Crippen molar-refractivity contribution >= 4 is 17.4 Å². The normalized spacial score (nSPS) is 15.0. The SMILES string of the molecule is CC(O)COc1cc(-c2ccc(N3CCN(C(=O)O)CC3)nc2)c2c(C#N)cnn2c1. The van der Waals surface area contributed by atoms with Crippen molar-refractivity contribution in [2.75, 3.05) is 37.7 Å². The Bertz CT molecular complexity index is 1130. The summed E-state index contributed by atoms with van der Waals surface area (Å²) in [6.45, 7) is 3.79. The van der Waals surface area contributed by atoms with Crippen LogP contribution < -0.4 is 9.64 Å².